The van der Waals surface area contributed by atoms with Crippen LogP contribution < -0.4 is 0 Å². The molecule has 0 saturated carbocycles. The quantitative estimate of drug-likeness (QED) is 0.329. The Balaban J connectivity index is 3.25. The largest absolute Gasteiger partial charge is 0.274 e. The van der Waals surface area contributed by atoms with E-state index in [1.165, 1.54) is 19.3 Å². The predicted molar refractivity (Wildman–Crippen MR) is 45.7 cm³/mol. The monoisotopic (exact) mass is 158 g/mol. The van der Waals surface area contributed by atoms with Crippen LogP contribution in [-0.2, 0) is 4.57 Å². The van der Waals surface area contributed by atoms with E-state index in [9.17, 15) is 4.57 Å². The summed E-state index contributed by atoms with van der Waals surface area (Å²) in [5.74, 6) is 0. The lowest BCUT2D eigenvalue weighted by Crippen LogP contribution is -1.91. The van der Waals surface area contributed by atoms with E-state index < -0.39 is 0 Å². The van der Waals surface area contributed by atoms with Gasteiger partial charge in [0.2, 0.25) is 0 Å². The minimum absolute atomic E-state index is 0.187. The van der Waals surface area contributed by atoms with Gasteiger partial charge in [-0.25, -0.2) is 0 Å². The number of hydrogen-bond donors (Lipinski definition) is 0. The van der Waals surface area contributed by atoms with Crippen LogP contribution in [0.2, 0.25) is 0 Å². The van der Waals surface area contributed by atoms with Gasteiger partial charge < -0.3 is 0 Å². The summed E-state index contributed by atoms with van der Waals surface area (Å²) in [6.45, 7) is 5.77. The summed E-state index contributed by atoms with van der Waals surface area (Å²) in [5.41, 5.74) is 0.187. The molecule has 0 fully saturated rings. The van der Waals surface area contributed by atoms with Gasteiger partial charge >= 0.3 is 0 Å². The standard InChI is InChI=1S/C8H15OP/c1-3-5-6-7-8(4-2)10-9/h4,8H,2-3,5-7H2,1H3. The van der Waals surface area contributed by atoms with Gasteiger partial charge in [0.15, 0.2) is 8.46 Å². The Morgan fingerprint density at radius 1 is 1.60 bits per heavy atom. The summed E-state index contributed by atoms with van der Waals surface area (Å²) in [7, 11) is 0.222. The van der Waals surface area contributed by atoms with Gasteiger partial charge in [0, 0.05) is 0 Å². The first-order valence-electron chi connectivity index (χ1n) is 3.80. The fourth-order valence-corrected chi connectivity index (χ4v) is 1.19. The zero-order valence-corrected chi connectivity index (χ0v) is 7.44. The summed E-state index contributed by atoms with van der Waals surface area (Å²) in [6.07, 6.45) is 6.41. The fraction of sp³-hybridized carbons (Fsp3) is 0.750. The highest BCUT2D eigenvalue weighted by Gasteiger charge is 2.00. The molecule has 0 rings (SSSR count). The van der Waals surface area contributed by atoms with E-state index in [1.807, 2.05) is 0 Å². The summed E-state index contributed by atoms with van der Waals surface area (Å²) >= 11 is 0. The van der Waals surface area contributed by atoms with Crippen LogP contribution in [0, 0.1) is 0 Å². The second kappa shape index (κ2) is 6.95. The molecular formula is C8H15OP. The lowest BCUT2D eigenvalue weighted by atomic mass is 10.1. The van der Waals surface area contributed by atoms with Crippen LogP contribution in [0.25, 0.3) is 0 Å². The average molecular weight is 158 g/mol. The smallest absolute Gasteiger partial charge is 0.162 e. The van der Waals surface area contributed by atoms with Crippen molar-refractivity contribution in [2.24, 2.45) is 0 Å². The molecule has 0 aliphatic rings. The van der Waals surface area contributed by atoms with Crippen LogP contribution in [0.15, 0.2) is 12.7 Å². The summed E-state index contributed by atoms with van der Waals surface area (Å²) < 4.78 is 10.4. The second-order valence-corrected chi connectivity index (χ2v) is 3.28. The van der Waals surface area contributed by atoms with E-state index in [4.69, 9.17) is 0 Å². The Morgan fingerprint density at radius 3 is 2.70 bits per heavy atom. The first-order chi connectivity index (χ1) is 4.85. The molecule has 1 atom stereocenters. The van der Waals surface area contributed by atoms with Crippen molar-refractivity contribution in [1.82, 2.24) is 0 Å². The molecule has 1 nitrogen and oxygen atoms in total. The van der Waals surface area contributed by atoms with Gasteiger partial charge in [0.05, 0.1) is 5.66 Å². The third-order valence-electron chi connectivity index (χ3n) is 1.51. The van der Waals surface area contributed by atoms with Crippen LogP contribution in [0.1, 0.15) is 32.6 Å². The van der Waals surface area contributed by atoms with E-state index in [2.05, 4.69) is 13.5 Å². The average Bonchev–Trinajstić information content (AvgIpc) is 1.99. The molecule has 0 aromatic rings. The van der Waals surface area contributed by atoms with E-state index in [0.29, 0.717) is 0 Å². The van der Waals surface area contributed by atoms with Crippen molar-refractivity contribution in [3.8, 4) is 0 Å². The van der Waals surface area contributed by atoms with Gasteiger partial charge in [-0.1, -0.05) is 32.3 Å². The van der Waals surface area contributed by atoms with Crippen LogP contribution in [0.3, 0.4) is 0 Å². The maximum Gasteiger partial charge on any atom is 0.162 e. The molecular weight excluding hydrogens is 143 g/mol. The third-order valence-corrected chi connectivity index (χ3v) is 2.25. The molecule has 0 aromatic carbocycles. The number of hydrogen-bond acceptors (Lipinski definition) is 1. The molecule has 1 unspecified atom stereocenters. The van der Waals surface area contributed by atoms with Crippen LogP contribution in [-0.4, -0.2) is 5.66 Å². The molecule has 0 aliphatic carbocycles. The first kappa shape index (κ1) is 9.84. The summed E-state index contributed by atoms with van der Waals surface area (Å²) in [5, 5.41) is 0. The van der Waals surface area contributed by atoms with Crippen molar-refractivity contribution < 1.29 is 4.57 Å². The van der Waals surface area contributed by atoms with Crippen molar-refractivity contribution in [2.45, 2.75) is 38.3 Å². The predicted octanol–water partition coefficient (Wildman–Crippen LogP) is 3.41. The van der Waals surface area contributed by atoms with Gasteiger partial charge in [-0.15, -0.1) is 6.58 Å². The molecule has 0 saturated heterocycles. The van der Waals surface area contributed by atoms with Crippen molar-refractivity contribution in [3.63, 3.8) is 0 Å². The van der Waals surface area contributed by atoms with Gasteiger partial charge in [-0.2, -0.15) is 0 Å². The maximum atomic E-state index is 10.4. The zero-order valence-electron chi connectivity index (χ0n) is 6.55. The summed E-state index contributed by atoms with van der Waals surface area (Å²) in [4.78, 5) is 0. The fourth-order valence-electron chi connectivity index (χ4n) is 0.817. The normalized spacial score (nSPS) is 13.3. The molecule has 0 spiro atoms. The third kappa shape index (κ3) is 4.69. The van der Waals surface area contributed by atoms with E-state index >= 15 is 0 Å². The molecule has 2 heteroatoms. The lowest BCUT2D eigenvalue weighted by Gasteiger charge is -2.00. The molecule has 0 N–H and O–H groups in total. The second-order valence-electron chi connectivity index (χ2n) is 2.40. The molecule has 58 valence electrons. The topological polar surface area (TPSA) is 17.1 Å². The van der Waals surface area contributed by atoms with Crippen molar-refractivity contribution in [2.75, 3.05) is 0 Å². The lowest BCUT2D eigenvalue weighted by molar-refractivity contribution is 0.587. The zero-order chi connectivity index (χ0) is 7.82. The first-order valence-corrected chi connectivity index (χ1v) is 4.68. The minimum Gasteiger partial charge on any atom is -0.274 e. The molecule has 0 heterocycles. The molecule has 0 aromatic heterocycles. The van der Waals surface area contributed by atoms with Crippen molar-refractivity contribution >= 4 is 8.46 Å². The molecule has 0 amide bonds. The highest BCUT2D eigenvalue weighted by Crippen LogP contribution is 2.15. The highest BCUT2D eigenvalue weighted by molar-refractivity contribution is 7.25. The molecule has 0 radical (unpaired) electrons. The Kier molecular flexibility index (Phi) is 6.84. The number of rotatable bonds is 6. The van der Waals surface area contributed by atoms with Crippen molar-refractivity contribution in [1.29, 1.82) is 0 Å². The van der Waals surface area contributed by atoms with Crippen LogP contribution >= 0.6 is 8.46 Å². The SMILES string of the molecule is C=CC(CCCCC)P=O. The number of allylic oxidation sites excluding steroid dienone is 1. The minimum atomic E-state index is 0.187. The van der Waals surface area contributed by atoms with Crippen LogP contribution in [0.4, 0.5) is 0 Å². The van der Waals surface area contributed by atoms with Gasteiger partial charge in [0.25, 0.3) is 0 Å². The van der Waals surface area contributed by atoms with Gasteiger partial charge in [0.1, 0.15) is 0 Å². The van der Waals surface area contributed by atoms with E-state index in [-0.39, 0.29) is 14.1 Å². The van der Waals surface area contributed by atoms with Gasteiger partial charge in [-0.05, 0) is 6.42 Å². The van der Waals surface area contributed by atoms with Crippen LogP contribution in [0.5, 0.6) is 0 Å². The highest BCUT2D eigenvalue weighted by atomic mass is 31.1. The Hall–Kier alpha value is -0.160. The summed E-state index contributed by atoms with van der Waals surface area (Å²) in [6, 6.07) is 0. The van der Waals surface area contributed by atoms with E-state index in [0.717, 1.165) is 6.42 Å². The molecule has 0 aliphatic heterocycles. The number of unbranched alkanes of at least 4 members (excludes halogenated alkanes) is 2. The van der Waals surface area contributed by atoms with Crippen molar-refractivity contribution in [3.05, 3.63) is 12.7 Å². The van der Waals surface area contributed by atoms with E-state index in [1.54, 1.807) is 6.08 Å². The molecule has 10 heavy (non-hydrogen) atoms. The maximum absolute atomic E-state index is 10.4. The Labute approximate surface area is 64.7 Å². The Bertz CT molecular complexity index is 93.4. The Morgan fingerprint density at radius 2 is 2.30 bits per heavy atom. The molecule has 0 bridgehead atoms. The van der Waals surface area contributed by atoms with Gasteiger partial charge in [-0.3, -0.25) is 4.57 Å².